The Morgan fingerprint density at radius 3 is 2.80 bits per heavy atom. The van der Waals surface area contributed by atoms with Crippen LogP contribution in [0.5, 0.6) is 5.75 Å². The Kier molecular flexibility index (Phi) is 3.96. The van der Waals surface area contributed by atoms with Crippen molar-refractivity contribution >= 4 is 27.5 Å². The van der Waals surface area contributed by atoms with Gasteiger partial charge in [0.2, 0.25) is 0 Å². The predicted octanol–water partition coefficient (Wildman–Crippen LogP) is 1.50. The average Bonchev–Trinajstić information content (AvgIpc) is 2.19. The van der Waals surface area contributed by atoms with Gasteiger partial charge < -0.3 is 15.4 Å². The maximum atomic E-state index is 11.3. The minimum atomic E-state index is -0.0932. The maximum Gasteiger partial charge on any atom is 0.259 e. The summed E-state index contributed by atoms with van der Waals surface area (Å²) in [6, 6.07) is 5.28. The molecular formula is C10H13BrN2O2. The number of carbonyl (C=O) groups is 1. The zero-order chi connectivity index (χ0) is 11.4. The number of rotatable bonds is 3. The molecule has 0 saturated heterocycles. The lowest BCUT2D eigenvalue weighted by atomic mass is 10.3. The molecule has 1 amide bonds. The molecule has 0 unspecified atom stereocenters. The van der Waals surface area contributed by atoms with Gasteiger partial charge in [-0.2, -0.15) is 0 Å². The quantitative estimate of drug-likeness (QED) is 0.849. The Morgan fingerprint density at radius 1 is 1.53 bits per heavy atom. The fraction of sp³-hybridized carbons (Fsp3) is 0.300. The molecule has 1 aromatic rings. The molecule has 0 aliphatic carbocycles. The lowest BCUT2D eigenvalue weighted by Crippen LogP contribution is -2.27. The normalized spacial score (nSPS) is 9.80. The van der Waals surface area contributed by atoms with Crippen LogP contribution in [-0.4, -0.2) is 31.5 Å². The summed E-state index contributed by atoms with van der Waals surface area (Å²) >= 11 is 3.29. The second kappa shape index (κ2) is 5.02. The Labute approximate surface area is 97.1 Å². The molecule has 0 atom stereocenters. The van der Waals surface area contributed by atoms with Crippen molar-refractivity contribution in [2.45, 2.75) is 0 Å². The molecule has 5 heteroatoms. The average molecular weight is 273 g/mol. The highest BCUT2D eigenvalue weighted by Gasteiger charge is 2.08. The summed E-state index contributed by atoms with van der Waals surface area (Å²) in [4.78, 5) is 12.7. The van der Waals surface area contributed by atoms with Crippen LogP contribution in [0.3, 0.4) is 0 Å². The van der Waals surface area contributed by atoms with Gasteiger partial charge in [-0.3, -0.25) is 4.79 Å². The van der Waals surface area contributed by atoms with Gasteiger partial charge in [-0.25, -0.2) is 0 Å². The molecule has 1 rings (SSSR count). The Balaban J connectivity index is 2.66. The van der Waals surface area contributed by atoms with Crippen molar-refractivity contribution in [2.24, 2.45) is 0 Å². The number of nitrogens with two attached hydrogens (primary N) is 1. The molecular weight excluding hydrogens is 260 g/mol. The molecule has 0 saturated carbocycles. The van der Waals surface area contributed by atoms with Gasteiger partial charge in [-0.05, 0) is 28.1 Å². The molecule has 4 nitrogen and oxygen atoms in total. The fourth-order valence-electron chi connectivity index (χ4n) is 0.908. The number of nitrogens with zero attached hydrogens (tertiary/aromatic N) is 1. The third-order valence-electron chi connectivity index (χ3n) is 1.84. The van der Waals surface area contributed by atoms with Gasteiger partial charge in [-0.15, -0.1) is 0 Å². The third-order valence-corrected chi connectivity index (χ3v) is 2.69. The SMILES string of the molecule is CN(C)C(=O)COc1cccc(N)c1Br. The van der Waals surface area contributed by atoms with Crippen LogP contribution in [0, 0.1) is 0 Å². The van der Waals surface area contributed by atoms with Crippen LogP contribution in [0.15, 0.2) is 22.7 Å². The first-order valence-electron chi connectivity index (χ1n) is 4.39. The number of halogens is 1. The van der Waals surface area contributed by atoms with Crippen molar-refractivity contribution in [3.05, 3.63) is 22.7 Å². The van der Waals surface area contributed by atoms with E-state index in [9.17, 15) is 4.79 Å². The van der Waals surface area contributed by atoms with E-state index in [2.05, 4.69) is 15.9 Å². The summed E-state index contributed by atoms with van der Waals surface area (Å²) in [5.74, 6) is 0.481. The van der Waals surface area contributed by atoms with Crippen LogP contribution in [0.2, 0.25) is 0 Å². The monoisotopic (exact) mass is 272 g/mol. The molecule has 0 fully saturated rings. The van der Waals surface area contributed by atoms with E-state index in [1.807, 2.05) is 0 Å². The number of nitrogen functional groups attached to an aromatic ring is 1. The summed E-state index contributed by atoms with van der Waals surface area (Å²) in [6.07, 6.45) is 0. The summed E-state index contributed by atoms with van der Waals surface area (Å²) in [5.41, 5.74) is 6.25. The molecule has 1 aromatic carbocycles. The van der Waals surface area contributed by atoms with E-state index >= 15 is 0 Å². The van der Waals surface area contributed by atoms with Crippen LogP contribution in [0.25, 0.3) is 0 Å². The molecule has 0 bridgehead atoms. The number of hydrogen-bond acceptors (Lipinski definition) is 3. The number of ether oxygens (including phenoxy) is 1. The standard InChI is InChI=1S/C10H13BrN2O2/c1-13(2)9(14)6-15-8-5-3-4-7(12)10(8)11/h3-5H,6,12H2,1-2H3. The van der Waals surface area contributed by atoms with Gasteiger partial charge >= 0.3 is 0 Å². The number of benzene rings is 1. The Bertz CT molecular complexity index is 366. The van der Waals surface area contributed by atoms with Crippen LogP contribution in [0.4, 0.5) is 5.69 Å². The van der Waals surface area contributed by atoms with Crippen molar-refractivity contribution in [3.63, 3.8) is 0 Å². The zero-order valence-corrected chi connectivity index (χ0v) is 10.2. The first-order chi connectivity index (χ1) is 7.02. The van der Waals surface area contributed by atoms with Crippen molar-refractivity contribution in [1.82, 2.24) is 4.90 Å². The van der Waals surface area contributed by atoms with Crippen molar-refractivity contribution in [3.8, 4) is 5.75 Å². The molecule has 0 heterocycles. The van der Waals surface area contributed by atoms with Crippen molar-refractivity contribution < 1.29 is 9.53 Å². The summed E-state index contributed by atoms with van der Waals surface area (Å²) in [6.45, 7) is 0.00898. The van der Waals surface area contributed by atoms with Crippen LogP contribution >= 0.6 is 15.9 Å². The molecule has 0 aliphatic heterocycles. The number of hydrogen-bond donors (Lipinski definition) is 1. The second-order valence-corrected chi connectivity index (χ2v) is 4.03. The topological polar surface area (TPSA) is 55.6 Å². The highest BCUT2D eigenvalue weighted by molar-refractivity contribution is 9.10. The van der Waals surface area contributed by atoms with Crippen LogP contribution in [-0.2, 0) is 4.79 Å². The summed E-state index contributed by atoms with van der Waals surface area (Å²) in [5, 5.41) is 0. The van der Waals surface area contributed by atoms with Crippen LogP contribution in [0.1, 0.15) is 0 Å². The second-order valence-electron chi connectivity index (χ2n) is 3.24. The Morgan fingerprint density at radius 2 is 2.20 bits per heavy atom. The zero-order valence-electron chi connectivity index (χ0n) is 8.66. The fourth-order valence-corrected chi connectivity index (χ4v) is 1.29. The molecule has 15 heavy (non-hydrogen) atoms. The van der Waals surface area contributed by atoms with Gasteiger partial charge in [0.05, 0.1) is 4.47 Å². The van der Waals surface area contributed by atoms with E-state index in [-0.39, 0.29) is 12.5 Å². The lowest BCUT2D eigenvalue weighted by Gasteiger charge is -2.12. The number of likely N-dealkylation sites (N-methyl/N-ethyl adjacent to an activating group) is 1. The lowest BCUT2D eigenvalue weighted by molar-refractivity contribution is -0.130. The molecule has 0 aliphatic rings. The van der Waals surface area contributed by atoms with Gasteiger partial charge in [-0.1, -0.05) is 6.07 Å². The van der Waals surface area contributed by atoms with Crippen molar-refractivity contribution in [1.29, 1.82) is 0 Å². The van der Waals surface area contributed by atoms with E-state index in [4.69, 9.17) is 10.5 Å². The third kappa shape index (κ3) is 3.13. The number of anilines is 1. The largest absolute Gasteiger partial charge is 0.483 e. The first kappa shape index (κ1) is 11.8. The Hall–Kier alpha value is -1.23. The molecule has 0 radical (unpaired) electrons. The van der Waals surface area contributed by atoms with E-state index in [0.29, 0.717) is 15.9 Å². The minimum Gasteiger partial charge on any atom is -0.483 e. The number of amides is 1. The highest BCUT2D eigenvalue weighted by atomic mass is 79.9. The van der Waals surface area contributed by atoms with Gasteiger partial charge in [0.1, 0.15) is 5.75 Å². The molecule has 82 valence electrons. The number of carbonyl (C=O) groups excluding carboxylic acids is 1. The first-order valence-corrected chi connectivity index (χ1v) is 5.18. The minimum absolute atomic E-state index is 0.00898. The van der Waals surface area contributed by atoms with E-state index in [0.717, 1.165) is 0 Å². The van der Waals surface area contributed by atoms with E-state index < -0.39 is 0 Å². The van der Waals surface area contributed by atoms with Crippen molar-refractivity contribution in [2.75, 3.05) is 26.4 Å². The molecule has 2 N–H and O–H groups in total. The summed E-state index contributed by atoms with van der Waals surface area (Å²) < 4.78 is 6.00. The van der Waals surface area contributed by atoms with Gasteiger partial charge in [0.15, 0.2) is 6.61 Å². The predicted molar refractivity (Wildman–Crippen MR) is 62.7 cm³/mol. The molecule has 0 spiro atoms. The summed E-state index contributed by atoms with van der Waals surface area (Å²) in [7, 11) is 3.36. The highest BCUT2D eigenvalue weighted by Crippen LogP contribution is 2.30. The van der Waals surface area contributed by atoms with Crippen LogP contribution < -0.4 is 10.5 Å². The van der Waals surface area contributed by atoms with E-state index in [1.165, 1.54) is 4.90 Å². The smallest absolute Gasteiger partial charge is 0.259 e. The van der Waals surface area contributed by atoms with Gasteiger partial charge in [0.25, 0.3) is 5.91 Å². The van der Waals surface area contributed by atoms with Gasteiger partial charge in [0, 0.05) is 19.8 Å². The molecule has 0 aromatic heterocycles. The van der Waals surface area contributed by atoms with E-state index in [1.54, 1.807) is 32.3 Å². The maximum absolute atomic E-state index is 11.3.